The van der Waals surface area contributed by atoms with Crippen LogP contribution in [-0.4, -0.2) is 19.5 Å². The fourth-order valence-electron chi connectivity index (χ4n) is 7.12. The molecule has 8 aromatic carbocycles. The van der Waals surface area contributed by atoms with E-state index >= 15 is 0 Å². The highest BCUT2D eigenvalue weighted by molar-refractivity contribution is 6.10. The summed E-state index contributed by atoms with van der Waals surface area (Å²) < 4.78 is 113. The summed E-state index contributed by atoms with van der Waals surface area (Å²) >= 11 is 0. The van der Waals surface area contributed by atoms with Gasteiger partial charge in [0.15, 0.2) is 17.5 Å². The zero-order chi connectivity index (χ0) is 47.4. The number of furan rings is 1. The van der Waals surface area contributed by atoms with Crippen molar-refractivity contribution in [2.75, 3.05) is 0 Å². The number of benzene rings is 8. The van der Waals surface area contributed by atoms with E-state index in [2.05, 4.69) is 0 Å². The second kappa shape index (κ2) is 13.0. The van der Waals surface area contributed by atoms with Gasteiger partial charge >= 0.3 is 0 Å². The quantitative estimate of drug-likeness (QED) is 0.171. The van der Waals surface area contributed by atoms with Gasteiger partial charge in [-0.15, -0.1) is 0 Å². The average molecular weight is 729 g/mol. The molecule has 0 spiro atoms. The van der Waals surface area contributed by atoms with Gasteiger partial charge in [-0.05, 0) is 76.7 Å². The third-order valence-electron chi connectivity index (χ3n) is 9.80. The number of fused-ring (bicyclic) bond motifs is 6. The highest BCUT2D eigenvalue weighted by atomic mass is 16.3. The van der Waals surface area contributed by atoms with Crippen molar-refractivity contribution >= 4 is 43.7 Å². The summed E-state index contributed by atoms with van der Waals surface area (Å²) in [5, 5.41) is 1.58. The molecule has 0 atom stereocenters. The highest BCUT2D eigenvalue weighted by Crippen LogP contribution is 2.37. The van der Waals surface area contributed by atoms with Crippen molar-refractivity contribution in [3.63, 3.8) is 0 Å². The van der Waals surface area contributed by atoms with Crippen LogP contribution >= 0.6 is 0 Å². The third kappa shape index (κ3) is 5.45. The largest absolute Gasteiger partial charge is 0.456 e. The fourth-order valence-corrected chi connectivity index (χ4v) is 7.12. The van der Waals surface area contributed by atoms with Crippen LogP contribution in [0.25, 0.3) is 106 Å². The van der Waals surface area contributed by atoms with Crippen LogP contribution in [0.2, 0.25) is 0 Å². The molecule has 0 aliphatic carbocycles. The molecule has 0 fully saturated rings. The first-order chi connectivity index (χ1) is 32.7. The Balaban J connectivity index is 1.09. The number of hydrogen-bond donors (Lipinski definition) is 0. The molecule has 0 aliphatic heterocycles. The molecule has 5 nitrogen and oxygen atoms in total. The van der Waals surface area contributed by atoms with Crippen molar-refractivity contribution in [3.05, 3.63) is 194 Å². The van der Waals surface area contributed by atoms with Gasteiger partial charge in [0.1, 0.15) is 11.2 Å². The van der Waals surface area contributed by atoms with Crippen molar-refractivity contribution in [3.8, 4) is 62.1 Å². The molecular weight excluding hydrogens is 685 g/mol. The maximum atomic E-state index is 9.62. The zero-order valence-corrected chi connectivity index (χ0v) is 29.2. The molecule has 262 valence electrons. The Morgan fingerprint density at radius 1 is 0.393 bits per heavy atom. The summed E-state index contributed by atoms with van der Waals surface area (Å²) in [7, 11) is 0. The summed E-state index contributed by atoms with van der Waals surface area (Å²) in [5.74, 6) is 1.11. The SMILES string of the molecule is [2H]c1c([2H])c([2H])c(-n2c3c([2H])c([2H])c([2H])c([2H])c3c3c([2H])c(-c4ccc(-c5nc(-c6cccc(-c7ccccc7)c6)nc(-c6ccc7c(c6)oc6ccccc67)n5)cc4)c([2H])c([2H])c32)c([2H])c1[2H]. The van der Waals surface area contributed by atoms with E-state index in [0.717, 1.165) is 37.6 Å². The van der Waals surface area contributed by atoms with E-state index in [0.29, 0.717) is 39.7 Å². The predicted molar refractivity (Wildman–Crippen MR) is 229 cm³/mol. The molecular formula is C51H32N4O. The lowest BCUT2D eigenvalue weighted by Gasteiger charge is -2.10. The summed E-state index contributed by atoms with van der Waals surface area (Å²) in [6, 6.07) is 30.9. The standard InChI is InChI=1S/C51H32N4O/c1-3-12-33(13-4-1)36-14-11-15-38(30-36)50-52-49(53-51(54-50)39-26-28-43-42-19-8-10-21-47(42)56-48(43)32-39)35-24-22-34(23-25-35)37-27-29-46-44(31-37)41-18-7-9-20-45(41)55(46)40-16-5-2-6-17-40/h1-32H/i2D,5D,6D,7D,9D,16D,17D,18D,20D,27D,29D,31D. The Bertz CT molecular complexity index is 3920. The number of hydrogen-bond acceptors (Lipinski definition) is 4. The first-order valence-electron chi connectivity index (χ1n) is 23.8. The molecule has 11 rings (SSSR count). The van der Waals surface area contributed by atoms with Gasteiger partial charge in [0.25, 0.3) is 0 Å². The Morgan fingerprint density at radius 2 is 1.00 bits per heavy atom. The van der Waals surface area contributed by atoms with Gasteiger partial charge in [0, 0.05) is 43.9 Å². The molecule has 3 aromatic heterocycles. The second-order valence-electron chi connectivity index (χ2n) is 13.1. The van der Waals surface area contributed by atoms with Crippen LogP contribution in [0, 0.1) is 0 Å². The molecule has 0 unspecified atom stereocenters. The van der Waals surface area contributed by atoms with Crippen molar-refractivity contribution in [1.29, 1.82) is 0 Å². The van der Waals surface area contributed by atoms with E-state index in [1.54, 1.807) is 24.3 Å². The van der Waals surface area contributed by atoms with Crippen molar-refractivity contribution in [1.82, 2.24) is 19.5 Å². The van der Waals surface area contributed by atoms with Crippen LogP contribution in [0.4, 0.5) is 0 Å². The molecule has 11 aromatic rings. The average Bonchev–Trinajstić information content (AvgIpc) is 3.92. The Kier molecular flexibility index (Phi) is 5.10. The monoisotopic (exact) mass is 728 g/mol. The smallest absolute Gasteiger partial charge is 0.164 e. The lowest BCUT2D eigenvalue weighted by molar-refractivity contribution is 0.669. The molecule has 0 bridgehead atoms. The first-order valence-corrected chi connectivity index (χ1v) is 17.8. The van der Waals surface area contributed by atoms with E-state index < -0.39 is 72.2 Å². The van der Waals surface area contributed by atoms with E-state index in [1.165, 1.54) is 0 Å². The summed E-state index contributed by atoms with van der Waals surface area (Å²) in [4.78, 5) is 14.9. The van der Waals surface area contributed by atoms with Gasteiger partial charge in [-0.1, -0.05) is 139 Å². The molecule has 0 amide bonds. The lowest BCUT2D eigenvalue weighted by Crippen LogP contribution is -2.00. The first kappa shape index (κ1) is 21.9. The predicted octanol–water partition coefficient (Wildman–Crippen LogP) is 13.2. The topological polar surface area (TPSA) is 56.7 Å². The van der Waals surface area contributed by atoms with E-state index in [9.17, 15) is 4.11 Å². The van der Waals surface area contributed by atoms with Crippen molar-refractivity contribution in [2.24, 2.45) is 0 Å². The Labute approximate surface area is 339 Å². The van der Waals surface area contributed by atoms with Crippen LogP contribution in [0.5, 0.6) is 0 Å². The minimum Gasteiger partial charge on any atom is -0.456 e. The van der Waals surface area contributed by atoms with Gasteiger partial charge in [-0.3, -0.25) is 0 Å². The minimum absolute atomic E-state index is 0.0320. The summed E-state index contributed by atoms with van der Waals surface area (Å²) in [6.45, 7) is 0. The van der Waals surface area contributed by atoms with Crippen LogP contribution in [0.1, 0.15) is 16.4 Å². The maximum absolute atomic E-state index is 9.62. The van der Waals surface area contributed by atoms with Crippen molar-refractivity contribution in [2.45, 2.75) is 0 Å². The van der Waals surface area contributed by atoms with Gasteiger partial charge in [0.2, 0.25) is 0 Å². The third-order valence-corrected chi connectivity index (χ3v) is 9.80. The molecule has 3 heterocycles. The maximum Gasteiger partial charge on any atom is 0.164 e. The van der Waals surface area contributed by atoms with Crippen LogP contribution in [-0.2, 0) is 0 Å². The van der Waals surface area contributed by atoms with Gasteiger partial charge in [0.05, 0.1) is 27.5 Å². The van der Waals surface area contributed by atoms with Crippen LogP contribution in [0.3, 0.4) is 0 Å². The van der Waals surface area contributed by atoms with Crippen LogP contribution in [0.15, 0.2) is 198 Å². The van der Waals surface area contributed by atoms with Crippen molar-refractivity contribution < 1.29 is 20.9 Å². The molecule has 0 radical (unpaired) electrons. The van der Waals surface area contributed by atoms with E-state index in [-0.39, 0.29) is 33.4 Å². The molecule has 0 N–H and O–H groups in total. The molecule has 56 heavy (non-hydrogen) atoms. The van der Waals surface area contributed by atoms with Gasteiger partial charge in [-0.2, -0.15) is 0 Å². The van der Waals surface area contributed by atoms with Crippen LogP contribution < -0.4 is 0 Å². The number of para-hydroxylation sites is 3. The van der Waals surface area contributed by atoms with Gasteiger partial charge < -0.3 is 8.98 Å². The Morgan fingerprint density at radius 3 is 1.84 bits per heavy atom. The summed E-state index contributed by atoms with van der Waals surface area (Å²) in [5.41, 5.74) is 4.63. The molecule has 0 aliphatic rings. The summed E-state index contributed by atoms with van der Waals surface area (Å²) in [6.07, 6.45) is 0. The molecule has 5 heteroatoms. The Hall–Kier alpha value is -7.63. The number of nitrogens with zero attached hydrogens (tertiary/aromatic N) is 4. The van der Waals surface area contributed by atoms with Gasteiger partial charge in [-0.25, -0.2) is 15.0 Å². The van der Waals surface area contributed by atoms with E-state index in [1.807, 2.05) is 97.1 Å². The fraction of sp³-hybridized carbons (Fsp3) is 0. The number of rotatable bonds is 6. The molecule has 0 saturated heterocycles. The normalized spacial score (nSPS) is 14.6. The lowest BCUT2D eigenvalue weighted by atomic mass is 10.0. The minimum atomic E-state index is -0.706. The highest BCUT2D eigenvalue weighted by Gasteiger charge is 2.17. The van der Waals surface area contributed by atoms with E-state index in [4.69, 9.17) is 31.7 Å². The zero-order valence-electron chi connectivity index (χ0n) is 41.2. The molecule has 0 saturated carbocycles. The number of aromatic nitrogens is 4. The second-order valence-corrected chi connectivity index (χ2v) is 13.1.